The number of nitrogens with one attached hydrogen (secondary N) is 2. The van der Waals surface area contributed by atoms with Gasteiger partial charge in [0, 0.05) is 26.2 Å². The van der Waals surface area contributed by atoms with E-state index >= 15 is 0 Å². The number of benzene rings is 2. The summed E-state index contributed by atoms with van der Waals surface area (Å²) < 4.78 is 0. The van der Waals surface area contributed by atoms with Gasteiger partial charge >= 0.3 is 0 Å². The molecule has 2 heteroatoms. The van der Waals surface area contributed by atoms with Crippen LogP contribution in [0.3, 0.4) is 0 Å². The van der Waals surface area contributed by atoms with Crippen LogP contribution in [0.2, 0.25) is 0 Å². The van der Waals surface area contributed by atoms with Crippen molar-refractivity contribution in [3.8, 4) is 0 Å². The summed E-state index contributed by atoms with van der Waals surface area (Å²) in [5.41, 5.74) is 0. The molecule has 0 aromatic heterocycles. The quantitative estimate of drug-likeness (QED) is 0.701. The molecule has 0 amide bonds. The van der Waals surface area contributed by atoms with Crippen molar-refractivity contribution in [2.45, 2.75) is 0 Å². The van der Waals surface area contributed by atoms with Crippen LogP contribution in [0, 0.1) is 0 Å². The maximum absolute atomic E-state index is 3.22. The molecule has 0 radical (unpaired) electrons. The van der Waals surface area contributed by atoms with E-state index in [9.17, 15) is 0 Å². The van der Waals surface area contributed by atoms with Crippen LogP contribution < -0.4 is 10.6 Å². The fourth-order valence-corrected chi connectivity index (χ4v) is 1.74. The monoisotopic (exact) mass is 214 g/mol. The summed E-state index contributed by atoms with van der Waals surface area (Å²) >= 11 is 0. The predicted molar refractivity (Wildman–Crippen MR) is 69.7 cm³/mol. The topological polar surface area (TPSA) is 24.1 Å². The van der Waals surface area contributed by atoms with Gasteiger partial charge in [-0.1, -0.05) is 48.5 Å². The molecule has 1 fully saturated rings. The minimum Gasteiger partial charge on any atom is -0.314 e. The van der Waals surface area contributed by atoms with E-state index in [-0.39, 0.29) is 0 Å². The molecule has 16 heavy (non-hydrogen) atoms. The second-order valence-corrected chi connectivity index (χ2v) is 3.85. The number of hydrogen-bond acceptors (Lipinski definition) is 2. The fraction of sp³-hybridized carbons (Fsp3) is 0.286. The first kappa shape index (κ1) is 11.1. The molecule has 2 aromatic carbocycles. The Morgan fingerprint density at radius 3 is 1.12 bits per heavy atom. The lowest BCUT2D eigenvalue weighted by molar-refractivity contribution is 0.534. The Bertz CT molecular complexity index is 345. The largest absolute Gasteiger partial charge is 0.314 e. The van der Waals surface area contributed by atoms with Gasteiger partial charge in [0.1, 0.15) is 0 Å². The van der Waals surface area contributed by atoms with Crippen molar-refractivity contribution in [2.75, 3.05) is 26.2 Å². The summed E-state index contributed by atoms with van der Waals surface area (Å²) in [6, 6.07) is 16.7. The molecule has 2 aromatic rings. The first-order valence-corrected chi connectivity index (χ1v) is 5.82. The SMILES string of the molecule is C1CNCCN1.c1ccc2ccccc2c1. The van der Waals surface area contributed by atoms with E-state index in [4.69, 9.17) is 0 Å². The normalized spacial score (nSPS) is 15.2. The summed E-state index contributed by atoms with van der Waals surface area (Å²) in [7, 11) is 0. The van der Waals surface area contributed by atoms with Gasteiger partial charge in [0.15, 0.2) is 0 Å². The molecule has 1 aliphatic rings. The maximum atomic E-state index is 3.22. The van der Waals surface area contributed by atoms with E-state index < -0.39 is 0 Å². The van der Waals surface area contributed by atoms with Crippen molar-refractivity contribution in [1.82, 2.24) is 10.6 Å². The van der Waals surface area contributed by atoms with Crippen LogP contribution >= 0.6 is 0 Å². The van der Waals surface area contributed by atoms with Crippen LogP contribution in [-0.4, -0.2) is 26.2 Å². The minimum absolute atomic E-state index is 1.14. The Morgan fingerprint density at radius 1 is 0.562 bits per heavy atom. The molecule has 1 saturated heterocycles. The Hall–Kier alpha value is -1.38. The molecule has 0 spiro atoms. The third kappa shape index (κ3) is 3.33. The average Bonchev–Trinajstić information content (AvgIpc) is 2.42. The smallest absolute Gasteiger partial charge is 0.00772 e. The first-order chi connectivity index (χ1) is 7.97. The Labute approximate surface area is 96.7 Å². The molecule has 0 unspecified atom stereocenters. The lowest BCUT2D eigenvalue weighted by Crippen LogP contribution is -2.39. The van der Waals surface area contributed by atoms with Crippen molar-refractivity contribution in [3.63, 3.8) is 0 Å². The molecular formula is C14H18N2. The Morgan fingerprint density at radius 2 is 0.875 bits per heavy atom. The Balaban J connectivity index is 0.000000138. The number of hydrogen-bond donors (Lipinski definition) is 2. The van der Waals surface area contributed by atoms with Crippen LogP contribution in [-0.2, 0) is 0 Å². The van der Waals surface area contributed by atoms with E-state index in [1.54, 1.807) is 0 Å². The summed E-state index contributed by atoms with van der Waals surface area (Å²) in [5, 5.41) is 9.06. The van der Waals surface area contributed by atoms with Gasteiger partial charge in [-0.05, 0) is 10.8 Å². The zero-order chi connectivity index (χ0) is 11.1. The summed E-state index contributed by atoms with van der Waals surface area (Å²) in [4.78, 5) is 0. The van der Waals surface area contributed by atoms with Crippen LogP contribution in [0.4, 0.5) is 0 Å². The van der Waals surface area contributed by atoms with Gasteiger partial charge < -0.3 is 10.6 Å². The molecule has 1 aliphatic heterocycles. The van der Waals surface area contributed by atoms with E-state index in [1.807, 2.05) is 0 Å². The summed E-state index contributed by atoms with van der Waals surface area (Å²) in [5.74, 6) is 0. The lowest BCUT2D eigenvalue weighted by Gasteiger charge is -2.11. The number of fused-ring (bicyclic) bond motifs is 1. The molecule has 2 nitrogen and oxygen atoms in total. The van der Waals surface area contributed by atoms with Crippen LogP contribution in [0.5, 0.6) is 0 Å². The second-order valence-electron chi connectivity index (χ2n) is 3.85. The van der Waals surface area contributed by atoms with Crippen molar-refractivity contribution in [3.05, 3.63) is 48.5 Å². The van der Waals surface area contributed by atoms with Gasteiger partial charge in [-0.25, -0.2) is 0 Å². The lowest BCUT2D eigenvalue weighted by atomic mass is 10.1. The molecule has 3 rings (SSSR count). The maximum Gasteiger partial charge on any atom is 0.00772 e. The summed E-state index contributed by atoms with van der Waals surface area (Å²) in [6.45, 7) is 4.56. The van der Waals surface area contributed by atoms with Gasteiger partial charge in [0.05, 0.1) is 0 Å². The predicted octanol–water partition coefficient (Wildman–Crippen LogP) is 2.02. The fourth-order valence-electron chi connectivity index (χ4n) is 1.74. The van der Waals surface area contributed by atoms with Gasteiger partial charge in [-0.3, -0.25) is 0 Å². The van der Waals surface area contributed by atoms with Gasteiger partial charge in [-0.2, -0.15) is 0 Å². The van der Waals surface area contributed by atoms with E-state index in [0.717, 1.165) is 26.2 Å². The zero-order valence-electron chi connectivity index (χ0n) is 9.45. The molecule has 1 heterocycles. The van der Waals surface area contributed by atoms with Crippen molar-refractivity contribution in [1.29, 1.82) is 0 Å². The highest BCUT2D eigenvalue weighted by Gasteiger charge is 1.91. The first-order valence-electron chi connectivity index (χ1n) is 5.82. The molecule has 84 valence electrons. The van der Waals surface area contributed by atoms with E-state index in [2.05, 4.69) is 59.2 Å². The molecule has 0 aliphatic carbocycles. The van der Waals surface area contributed by atoms with E-state index in [1.165, 1.54) is 10.8 Å². The van der Waals surface area contributed by atoms with Crippen molar-refractivity contribution >= 4 is 10.8 Å². The van der Waals surface area contributed by atoms with Crippen LogP contribution in [0.15, 0.2) is 48.5 Å². The number of piperazine rings is 1. The zero-order valence-corrected chi connectivity index (χ0v) is 9.45. The van der Waals surface area contributed by atoms with Gasteiger partial charge in [0.2, 0.25) is 0 Å². The second kappa shape index (κ2) is 6.26. The minimum atomic E-state index is 1.14. The molecular weight excluding hydrogens is 196 g/mol. The summed E-state index contributed by atoms with van der Waals surface area (Å²) in [6.07, 6.45) is 0. The number of rotatable bonds is 0. The molecule has 2 N–H and O–H groups in total. The molecule has 0 bridgehead atoms. The van der Waals surface area contributed by atoms with Crippen LogP contribution in [0.25, 0.3) is 10.8 Å². The van der Waals surface area contributed by atoms with Crippen molar-refractivity contribution in [2.24, 2.45) is 0 Å². The highest BCUT2D eigenvalue weighted by Crippen LogP contribution is 2.11. The molecule has 0 atom stereocenters. The third-order valence-electron chi connectivity index (χ3n) is 2.62. The van der Waals surface area contributed by atoms with E-state index in [0.29, 0.717) is 0 Å². The standard InChI is InChI=1S/C10H8.C4H10N2/c1-2-6-10-8-4-3-7-9(10)5-1;1-2-6-4-3-5-1/h1-8H;5-6H,1-4H2. The third-order valence-corrected chi connectivity index (χ3v) is 2.62. The van der Waals surface area contributed by atoms with Gasteiger partial charge in [-0.15, -0.1) is 0 Å². The average molecular weight is 214 g/mol. The van der Waals surface area contributed by atoms with Crippen molar-refractivity contribution < 1.29 is 0 Å². The van der Waals surface area contributed by atoms with Gasteiger partial charge in [0.25, 0.3) is 0 Å². The van der Waals surface area contributed by atoms with Crippen LogP contribution in [0.1, 0.15) is 0 Å². The highest BCUT2D eigenvalue weighted by atomic mass is 15.0. The Kier molecular flexibility index (Phi) is 4.35. The highest BCUT2D eigenvalue weighted by molar-refractivity contribution is 5.81. The molecule has 0 saturated carbocycles.